The van der Waals surface area contributed by atoms with E-state index in [0.717, 1.165) is 12.0 Å². The minimum absolute atomic E-state index is 0.165. The summed E-state index contributed by atoms with van der Waals surface area (Å²) < 4.78 is 12.4. The van der Waals surface area contributed by atoms with Crippen LogP contribution < -0.4 is 15.0 Å². The van der Waals surface area contributed by atoms with Gasteiger partial charge in [0, 0.05) is 25.4 Å². The summed E-state index contributed by atoms with van der Waals surface area (Å²) in [5, 5.41) is 11.4. The van der Waals surface area contributed by atoms with Gasteiger partial charge in [-0.1, -0.05) is 42.5 Å². The van der Waals surface area contributed by atoms with Crippen molar-refractivity contribution in [1.82, 2.24) is 14.5 Å². The van der Waals surface area contributed by atoms with Crippen molar-refractivity contribution >= 4 is 5.91 Å². The molecule has 1 amide bonds. The lowest BCUT2D eigenvalue weighted by atomic mass is 9.99. The fraction of sp³-hybridized carbons (Fsp3) is 0.296. The van der Waals surface area contributed by atoms with Crippen LogP contribution in [0.1, 0.15) is 40.5 Å². The number of hydrogen-bond acceptors (Lipinski definition) is 6. The molecule has 4 rings (SSSR count). The molecule has 8 heteroatoms. The van der Waals surface area contributed by atoms with Crippen LogP contribution in [0.5, 0.6) is 17.4 Å². The quantitative estimate of drug-likeness (QED) is 0.500. The Morgan fingerprint density at radius 3 is 2.46 bits per heavy atom. The van der Waals surface area contributed by atoms with Crippen molar-refractivity contribution in [3.05, 3.63) is 88.5 Å². The summed E-state index contributed by atoms with van der Waals surface area (Å²) in [4.78, 5) is 32.4. The van der Waals surface area contributed by atoms with Gasteiger partial charge in [-0.2, -0.15) is 4.98 Å². The van der Waals surface area contributed by atoms with Gasteiger partial charge in [0.25, 0.3) is 11.5 Å². The maximum Gasteiger partial charge on any atom is 0.289 e. The molecule has 0 aliphatic carbocycles. The molecule has 3 aromatic rings. The monoisotopic (exact) mass is 475 g/mol. The van der Waals surface area contributed by atoms with E-state index < -0.39 is 17.3 Å². The first-order chi connectivity index (χ1) is 17.0. The van der Waals surface area contributed by atoms with Crippen molar-refractivity contribution in [2.75, 3.05) is 27.3 Å². The molecule has 1 fully saturated rings. The zero-order valence-corrected chi connectivity index (χ0v) is 19.9. The Bertz CT molecular complexity index is 1260. The second-order valence-corrected chi connectivity index (χ2v) is 8.35. The van der Waals surface area contributed by atoms with Crippen molar-refractivity contribution in [2.45, 2.75) is 25.2 Å². The van der Waals surface area contributed by atoms with Crippen LogP contribution in [-0.2, 0) is 6.42 Å². The number of aryl methyl sites for hydroxylation is 1. The molecule has 0 bridgehead atoms. The predicted octanol–water partition coefficient (Wildman–Crippen LogP) is 3.70. The van der Waals surface area contributed by atoms with Gasteiger partial charge < -0.3 is 19.5 Å². The van der Waals surface area contributed by atoms with Gasteiger partial charge in [-0.05, 0) is 30.5 Å². The lowest BCUT2D eigenvalue weighted by Gasteiger charge is -2.22. The number of para-hydroxylation sites is 1. The Hall–Kier alpha value is -4.07. The average molecular weight is 476 g/mol. The van der Waals surface area contributed by atoms with Crippen LogP contribution >= 0.6 is 0 Å². The highest BCUT2D eigenvalue weighted by Gasteiger charge is 2.33. The molecular formula is C27H29N3O5. The number of likely N-dealkylation sites (tertiary alicyclic amines) is 1. The number of rotatable bonds is 8. The van der Waals surface area contributed by atoms with E-state index in [1.54, 1.807) is 29.2 Å². The van der Waals surface area contributed by atoms with Crippen molar-refractivity contribution in [3.8, 4) is 23.1 Å². The number of nitrogens with zero attached hydrogens (tertiary/aromatic N) is 3. The third-order valence-corrected chi connectivity index (χ3v) is 6.30. The number of carbonyl (C=O) groups excluding carboxylic acids is 1. The van der Waals surface area contributed by atoms with E-state index in [4.69, 9.17) is 9.47 Å². The molecule has 35 heavy (non-hydrogen) atoms. The van der Waals surface area contributed by atoms with Crippen LogP contribution in [0.3, 0.4) is 0 Å². The zero-order valence-electron chi connectivity index (χ0n) is 19.9. The molecule has 8 nitrogen and oxygen atoms in total. The first kappa shape index (κ1) is 24.1. The van der Waals surface area contributed by atoms with Crippen LogP contribution in [0.25, 0.3) is 5.69 Å². The summed E-state index contributed by atoms with van der Waals surface area (Å²) in [6, 6.07) is 15.1. The Kier molecular flexibility index (Phi) is 7.19. The molecule has 0 spiro atoms. The summed E-state index contributed by atoms with van der Waals surface area (Å²) in [5.41, 5.74) is 0.370. The molecule has 1 atom stereocenters. The van der Waals surface area contributed by atoms with Gasteiger partial charge in [-0.25, -0.2) is 0 Å². The van der Waals surface area contributed by atoms with Crippen molar-refractivity contribution in [1.29, 1.82) is 0 Å². The van der Waals surface area contributed by atoms with E-state index in [1.807, 2.05) is 30.3 Å². The van der Waals surface area contributed by atoms with Crippen LogP contribution in [0.4, 0.5) is 0 Å². The number of benzene rings is 2. The summed E-state index contributed by atoms with van der Waals surface area (Å²) in [6.07, 6.45) is 3.30. The third-order valence-electron chi connectivity index (χ3n) is 6.30. The smallest absolute Gasteiger partial charge is 0.289 e. The van der Waals surface area contributed by atoms with Crippen molar-refractivity contribution in [3.63, 3.8) is 0 Å². The summed E-state index contributed by atoms with van der Waals surface area (Å²) >= 11 is 0. The highest BCUT2D eigenvalue weighted by Crippen LogP contribution is 2.37. The lowest BCUT2D eigenvalue weighted by molar-refractivity contribution is 0.0784. The molecule has 0 radical (unpaired) electrons. The van der Waals surface area contributed by atoms with Gasteiger partial charge >= 0.3 is 0 Å². The lowest BCUT2D eigenvalue weighted by Crippen LogP contribution is -2.35. The van der Waals surface area contributed by atoms with E-state index in [9.17, 15) is 14.7 Å². The molecule has 2 aromatic carbocycles. The number of carbonyl (C=O) groups is 1. The Morgan fingerprint density at radius 1 is 1.14 bits per heavy atom. The highest BCUT2D eigenvalue weighted by atomic mass is 16.5. The molecule has 1 aromatic heterocycles. The van der Waals surface area contributed by atoms with Gasteiger partial charge in [-0.3, -0.25) is 14.2 Å². The number of aromatic nitrogens is 2. The SMILES string of the molecule is C=CCCc1nc(=O)c(C(=O)N2CC[C@H](c3ccccc3)C2)c(O)n1-c1c(OC)cccc1OC. The second kappa shape index (κ2) is 10.5. The zero-order chi connectivity index (χ0) is 24.9. The molecule has 0 unspecified atom stereocenters. The average Bonchev–Trinajstić information content (AvgIpc) is 3.38. The molecule has 1 aliphatic rings. The largest absolute Gasteiger partial charge is 0.494 e. The molecule has 0 saturated carbocycles. The van der Waals surface area contributed by atoms with Crippen LogP contribution in [-0.4, -0.2) is 52.8 Å². The maximum atomic E-state index is 13.5. The molecule has 1 saturated heterocycles. The number of ether oxygens (including phenoxy) is 2. The second-order valence-electron chi connectivity index (χ2n) is 8.35. The van der Waals surface area contributed by atoms with Crippen molar-refractivity contribution < 1.29 is 19.4 Å². The molecule has 1 N–H and O–H groups in total. The number of allylic oxidation sites excluding steroid dienone is 1. The normalized spacial score (nSPS) is 15.1. The highest BCUT2D eigenvalue weighted by molar-refractivity contribution is 5.96. The third kappa shape index (κ3) is 4.64. The van der Waals surface area contributed by atoms with Crippen molar-refractivity contribution in [2.24, 2.45) is 0 Å². The number of methoxy groups -OCH3 is 2. The first-order valence-corrected chi connectivity index (χ1v) is 11.5. The van der Waals surface area contributed by atoms with Gasteiger partial charge in [-0.15, -0.1) is 6.58 Å². The number of aromatic hydroxyl groups is 1. The molecule has 1 aliphatic heterocycles. The van der Waals surface area contributed by atoms with E-state index in [-0.39, 0.29) is 17.3 Å². The van der Waals surface area contributed by atoms with Gasteiger partial charge in [0.15, 0.2) is 5.56 Å². The number of amides is 1. The van der Waals surface area contributed by atoms with Crippen LogP contribution in [0.2, 0.25) is 0 Å². The fourth-order valence-corrected chi connectivity index (χ4v) is 4.53. The maximum absolute atomic E-state index is 13.5. The fourth-order valence-electron chi connectivity index (χ4n) is 4.53. The van der Waals surface area contributed by atoms with Crippen LogP contribution in [0, 0.1) is 0 Å². The minimum atomic E-state index is -0.764. The van der Waals surface area contributed by atoms with Gasteiger partial charge in [0.2, 0.25) is 5.88 Å². The van der Waals surface area contributed by atoms with E-state index in [0.29, 0.717) is 43.1 Å². The van der Waals surface area contributed by atoms with E-state index in [1.165, 1.54) is 18.8 Å². The van der Waals surface area contributed by atoms with Gasteiger partial charge in [0.1, 0.15) is 23.0 Å². The molecule has 182 valence electrons. The van der Waals surface area contributed by atoms with E-state index >= 15 is 0 Å². The summed E-state index contributed by atoms with van der Waals surface area (Å²) in [6.45, 7) is 4.67. The Labute approximate surface area is 204 Å². The first-order valence-electron chi connectivity index (χ1n) is 11.5. The Morgan fingerprint density at radius 2 is 1.83 bits per heavy atom. The molecule has 2 heterocycles. The standard InChI is InChI=1S/C27H29N3O5/c1-4-5-14-22-28-25(31)23(26(32)29-16-15-19(17-29)18-10-7-6-8-11-18)27(33)30(22)24-20(34-2)12-9-13-21(24)35-3/h4,6-13,19,33H,1,5,14-17H2,2-3H3/t19-/m0/s1. The predicted molar refractivity (Wildman–Crippen MR) is 133 cm³/mol. The summed E-state index contributed by atoms with van der Waals surface area (Å²) in [7, 11) is 2.99. The van der Waals surface area contributed by atoms with E-state index in [2.05, 4.69) is 11.6 Å². The van der Waals surface area contributed by atoms with Crippen LogP contribution in [0.15, 0.2) is 66.0 Å². The van der Waals surface area contributed by atoms with Gasteiger partial charge in [0.05, 0.1) is 14.2 Å². The Balaban J connectivity index is 1.81. The minimum Gasteiger partial charge on any atom is -0.494 e. The number of hydrogen-bond donors (Lipinski definition) is 1. The molecular weight excluding hydrogens is 446 g/mol. The topological polar surface area (TPSA) is 93.9 Å². The summed E-state index contributed by atoms with van der Waals surface area (Å²) in [5.74, 6) is 0.202.